The lowest BCUT2D eigenvalue weighted by Gasteiger charge is -2.15. The van der Waals surface area contributed by atoms with Gasteiger partial charge < -0.3 is 5.73 Å². The van der Waals surface area contributed by atoms with Crippen LogP contribution in [0.1, 0.15) is 16.7 Å². The second-order valence-electron chi connectivity index (χ2n) is 9.26. The highest BCUT2D eigenvalue weighted by molar-refractivity contribution is 6.03. The van der Waals surface area contributed by atoms with Crippen molar-refractivity contribution >= 4 is 22.0 Å². The molecule has 0 aliphatic carbocycles. The number of hydrogen-bond acceptors (Lipinski definition) is 1. The fourth-order valence-electron chi connectivity index (χ4n) is 4.81. The maximum absolute atomic E-state index is 12.8. The van der Waals surface area contributed by atoms with E-state index in [2.05, 4.69) is 30.8 Å². The molecule has 0 saturated carbocycles. The Labute approximate surface area is 214 Å². The van der Waals surface area contributed by atoms with Gasteiger partial charge in [-0.1, -0.05) is 110 Å². The SMILES string of the molecule is C=C(Cc1ccccc1N)c1ccc(-c2ccc(-c3cccc(CC(F)(F)F)c3)cc2)c2ccccc12. The van der Waals surface area contributed by atoms with Crippen molar-refractivity contribution in [2.45, 2.75) is 19.0 Å². The van der Waals surface area contributed by atoms with E-state index in [4.69, 9.17) is 5.73 Å². The number of alkyl halides is 3. The van der Waals surface area contributed by atoms with Gasteiger partial charge in [0.1, 0.15) is 0 Å². The summed E-state index contributed by atoms with van der Waals surface area (Å²) < 4.78 is 38.5. The molecule has 0 unspecified atom stereocenters. The fraction of sp³-hybridized carbons (Fsp3) is 0.0909. The Morgan fingerprint density at radius 1 is 0.676 bits per heavy atom. The van der Waals surface area contributed by atoms with Gasteiger partial charge in [0.15, 0.2) is 0 Å². The van der Waals surface area contributed by atoms with Crippen LogP contribution in [0.2, 0.25) is 0 Å². The van der Waals surface area contributed by atoms with Crippen molar-refractivity contribution < 1.29 is 13.2 Å². The van der Waals surface area contributed by atoms with Gasteiger partial charge in [0.05, 0.1) is 6.42 Å². The molecule has 0 aromatic heterocycles. The average Bonchev–Trinajstić information content (AvgIpc) is 2.88. The molecule has 0 atom stereocenters. The van der Waals surface area contributed by atoms with Gasteiger partial charge in [-0.3, -0.25) is 0 Å². The van der Waals surface area contributed by atoms with Gasteiger partial charge in [0.25, 0.3) is 0 Å². The molecule has 0 aliphatic rings. The van der Waals surface area contributed by atoms with Crippen LogP contribution in [-0.4, -0.2) is 6.18 Å². The van der Waals surface area contributed by atoms with Crippen LogP contribution in [0.15, 0.2) is 116 Å². The summed E-state index contributed by atoms with van der Waals surface area (Å²) >= 11 is 0. The van der Waals surface area contributed by atoms with E-state index in [1.165, 1.54) is 6.07 Å². The topological polar surface area (TPSA) is 26.0 Å². The summed E-state index contributed by atoms with van der Waals surface area (Å²) in [7, 11) is 0. The van der Waals surface area contributed by atoms with Crippen molar-refractivity contribution in [2.75, 3.05) is 5.73 Å². The number of hydrogen-bond donors (Lipinski definition) is 1. The highest BCUT2D eigenvalue weighted by Gasteiger charge is 2.27. The molecule has 5 aromatic rings. The van der Waals surface area contributed by atoms with Crippen LogP contribution in [0.25, 0.3) is 38.6 Å². The van der Waals surface area contributed by atoms with Crippen LogP contribution in [0, 0.1) is 0 Å². The van der Waals surface area contributed by atoms with Crippen molar-refractivity contribution in [1.29, 1.82) is 0 Å². The van der Waals surface area contributed by atoms with Crippen LogP contribution in [0.4, 0.5) is 18.9 Å². The zero-order valence-electron chi connectivity index (χ0n) is 20.2. The lowest BCUT2D eigenvalue weighted by atomic mass is 9.89. The molecule has 0 saturated heterocycles. The molecular formula is C33H26F3N. The van der Waals surface area contributed by atoms with E-state index in [0.717, 1.165) is 55.4 Å². The molecule has 4 heteroatoms. The van der Waals surface area contributed by atoms with Crippen LogP contribution in [-0.2, 0) is 12.8 Å². The molecule has 0 aliphatic heterocycles. The molecule has 1 nitrogen and oxygen atoms in total. The third kappa shape index (κ3) is 5.44. The van der Waals surface area contributed by atoms with Gasteiger partial charge in [-0.15, -0.1) is 0 Å². The van der Waals surface area contributed by atoms with Gasteiger partial charge in [0.2, 0.25) is 0 Å². The van der Waals surface area contributed by atoms with E-state index in [-0.39, 0.29) is 5.56 Å². The van der Waals surface area contributed by atoms with Crippen molar-refractivity contribution in [3.05, 3.63) is 132 Å². The van der Waals surface area contributed by atoms with Crippen molar-refractivity contribution in [1.82, 2.24) is 0 Å². The van der Waals surface area contributed by atoms with Gasteiger partial charge in [-0.05, 0) is 67.8 Å². The fourth-order valence-corrected chi connectivity index (χ4v) is 4.81. The monoisotopic (exact) mass is 493 g/mol. The maximum Gasteiger partial charge on any atom is 0.393 e. The molecule has 0 amide bonds. The summed E-state index contributed by atoms with van der Waals surface area (Å²) in [5, 5.41) is 2.23. The number of para-hydroxylation sites is 1. The van der Waals surface area contributed by atoms with E-state index >= 15 is 0 Å². The molecule has 0 radical (unpaired) electrons. The number of nitrogen functional groups attached to an aromatic ring is 1. The zero-order chi connectivity index (χ0) is 26.0. The summed E-state index contributed by atoms with van der Waals surface area (Å²) in [4.78, 5) is 0. The van der Waals surface area contributed by atoms with Crippen molar-refractivity contribution in [3.8, 4) is 22.3 Å². The average molecular weight is 494 g/mol. The highest BCUT2D eigenvalue weighted by Crippen LogP contribution is 2.35. The van der Waals surface area contributed by atoms with E-state index in [9.17, 15) is 13.2 Å². The molecular weight excluding hydrogens is 467 g/mol. The third-order valence-electron chi connectivity index (χ3n) is 6.62. The summed E-state index contributed by atoms with van der Waals surface area (Å²) in [6.45, 7) is 4.36. The molecule has 0 heterocycles. The normalized spacial score (nSPS) is 11.5. The Morgan fingerprint density at radius 3 is 2.08 bits per heavy atom. The molecule has 0 bridgehead atoms. The van der Waals surface area contributed by atoms with Crippen LogP contribution in [0.5, 0.6) is 0 Å². The molecule has 184 valence electrons. The smallest absolute Gasteiger partial charge is 0.393 e. The number of halogens is 3. The predicted molar refractivity (Wildman–Crippen MR) is 148 cm³/mol. The standard InChI is InChI=1S/C33H26F3N/c1-22(19-27-8-2-5-12-32(27)37)28-17-18-29(31-11-4-3-10-30(28)31)25-15-13-24(14-16-25)26-9-6-7-23(20-26)21-33(34,35)36/h2-18,20H,1,19,21,37H2. The number of rotatable bonds is 6. The Balaban J connectivity index is 1.46. The number of anilines is 1. The van der Waals surface area contributed by atoms with Crippen molar-refractivity contribution in [2.24, 2.45) is 0 Å². The van der Waals surface area contributed by atoms with Crippen molar-refractivity contribution in [3.63, 3.8) is 0 Å². The number of fused-ring (bicyclic) bond motifs is 1. The van der Waals surface area contributed by atoms with Crippen LogP contribution in [0.3, 0.4) is 0 Å². The summed E-state index contributed by atoms with van der Waals surface area (Å²) in [5.74, 6) is 0. The van der Waals surface area contributed by atoms with E-state index in [1.807, 2.05) is 66.7 Å². The predicted octanol–water partition coefficient (Wildman–Crippen LogP) is 9.12. The third-order valence-corrected chi connectivity index (χ3v) is 6.62. The quantitative estimate of drug-likeness (QED) is 0.235. The Morgan fingerprint density at radius 2 is 1.35 bits per heavy atom. The van der Waals surface area contributed by atoms with Gasteiger partial charge in [0, 0.05) is 5.69 Å². The first-order valence-corrected chi connectivity index (χ1v) is 12.1. The Kier molecular flexibility index (Phi) is 6.58. The number of benzene rings is 5. The summed E-state index contributed by atoms with van der Waals surface area (Å²) in [5.41, 5.74) is 14.1. The minimum Gasteiger partial charge on any atom is -0.398 e. The Bertz CT molecular complexity index is 1580. The molecule has 0 fully saturated rings. The molecule has 2 N–H and O–H groups in total. The van der Waals surface area contributed by atoms with E-state index in [1.54, 1.807) is 12.1 Å². The van der Waals surface area contributed by atoms with Crippen LogP contribution >= 0.6 is 0 Å². The van der Waals surface area contributed by atoms with E-state index < -0.39 is 12.6 Å². The molecule has 5 aromatic carbocycles. The maximum atomic E-state index is 12.8. The molecule has 0 spiro atoms. The largest absolute Gasteiger partial charge is 0.398 e. The first-order valence-electron chi connectivity index (χ1n) is 12.1. The second kappa shape index (κ2) is 9.98. The van der Waals surface area contributed by atoms with Gasteiger partial charge >= 0.3 is 6.18 Å². The molecule has 5 rings (SSSR count). The lowest BCUT2D eigenvalue weighted by Crippen LogP contribution is -2.11. The second-order valence-corrected chi connectivity index (χ2v) is 9.26. The first kappa shape index (κ1) is 24.4. The summed E-state index contributed by atoms with van der Waals surface area (Å²) in [6.07, 6.45) is -4.49. The zero-order valence-corrected chi connectivity index (χ0v) is 20.2. The number of nitrogens with two attached hydrogens (primary N) is 1. The minimum atomic E-state index is -4.23. The molecule has 37 heavy (non-hydrogen) atoms. The van der Waals surface area contributed by atoms with Crippen LogP contribution < -0.4 is 5.73 Å². The summed E-state index contributed by atoms with van der Waals surface area (Å²) in [6, 6.07) is 34.9. The van der Waals surface area contributed by atoms with Gasteiger partial charge in [-0.2, -0.15) is 13.2 Å². The minimum absolute atomic E-state index is 0.258. The van der Waals surface area contributed by atoms with Gasteiger partial charge in [-0.25, -0.2) is 0 Å². The highest BCUT2D eigenvalue weighted by atomic mass is 19.4. The van der Waals surface area contributed by atoms with E-state index in [0.29, 0.717) is 6.42 Å². The Hall–Kier alpha value is -4.31. The lowest BCUT2D eigenvalue weighted by molar-refractivity contribution is -0.127. The first-order chi connectivity index (χ1) is 17.8. The number of allylic oxidation sites excluding steroid dienone is 1.